The lowest BCUT2D eigenvalue weighted by molar-refractivity contribution is 0.265. The number of rotatable bonds is 5. The molecule has 1 saturated carbocycles. The van der Waals surface area contributed by atoms with Gasteiger partial charge in [-0.15, -0.1) is 0 Å². The molecule has 0 spiro atoms. The molecule has 1 aromatic rings. The van der Waals surface area contributed by atoms with Gasteiger partial charge in [-0.1, -0.05) is 32.3 Å². The normalized spacial score (nSPS) is 25.9. The molecule has 1 heterocycles. The predicted molar refractivity (Wildman–Crippen MR) is 76.4 cm³/mol. The maximum Gasteiger partial charge on any atom is 0.0570 e. The summed E-state index contributed by atoms with van der Waals surface area (Å²) in [6.45, 7) is 5.72. The molecule has 0 aromatic carbocycles. The number of nitrogens with one attached hydrogen (secondary N) is 1. The zero-order chi connectivity index (χ0) is 12.8. The van der Waals surface area contributed by atoms with Crippen LogP contribution in [0, 0.1) is 11.8 Å². The van der Waals surface area contributed by atoms with E-state index in [0.717, 1.165) is 24.1 Å². The highest BCUT2D eigenvalue weighted by Crippen LogP contribution is 2.30. The molecule has 2 rings (SSSR count). The average Bonchev–Trinajstić information content (AvgIpc) is 2.40. The van der Waals surface area contributed by atoms with Crippen LogP contribution in [0.4, 0.5) is 0 Å². The molecular weight excluding hydrogens is 220 g/mol. The second kappa shape index (κ2) is 6.89. The molecule has 18 heavy (non-hydrogen) atoms. The van der Waals surface area contributed by atoms with Gasteiger partial charge in [-0.3, -0.25) is 4.98 Å². The Bertz CT molecular complexity index is 336. The number of hydrogen-bond acceptors (Lipinski definition) is 2. The molecule has 1 aliphatic carbocycles. The summed E-state index contributed by atoms with van der Waals surface area (Å²) in [5.41, 5.74) is 1.15. The largest absolute Gasteiger partial charge is 0.309 e. The van der Waals surface area contributed by atoms with Crippen molar-refractivity contribution in [3.05, 3.63) is 30.1 Å². The van der Waals surface area contributed by atoms with Gasteiger partial charge in [0.15, 0.2) is 0 Å². The SMILES string of the molecule is CC1CCCC(CCNC(C)c2ccccn2)C1. The first kappa shape index (κ1) is 13.5. The van der Waals surface area contributed by atoms with E-state index < -0.39 is 0 Å². The molecule has 1 N–H and O–H groups in total. The van der Waals surface area contributed by atoms with Crippen LogP contribution in [-0.2, 0) is 0 Å². The van der Waals surface area contributed by atoms with E-state index in [0.29, 0.717) is 6.04 Å². The smallest absolute Gasteiger partial charge is 0.0570 e. The Hall–Kier alpha value is -0.890. The standard InChI is InChI=1S/C16H26N2/c1-13-6-5-7-15(12-13)9-11-17-14(2)16-8-3-4-10-18-16/h3-4,8,10,13-15,17H,5-7,9,11-12H2,1-2H3. The van der Waals surface area contributed by atoms with Gasteiger partial charge in [0.05, 0.1) is 5.69 Å². The quantitative estimate of drug-likeness (QED) is 0.851. The molecule has 0 aliphatic heterocycles. The summed E-state index contributed by atoms with van der Waals surface area (Å²) in [4.78, 5) is 4.39. The van der Waals surface area contributed by atoms with Gasteiger partial charge in [-0.25, -0.2) is 0 Å². The van der Waals surface area contributed by atoms with E-state index in [-0.39, 0.29) is 0 Å². The first-order chi connectivity index (χ1) is 8.75. The Balaban J connectivity index is 1.69. The topological polar surface area (TPSA) is 24.9 Å². The Morgan fingerprint density at radius 3 is 3.00 bits per heavy atom. The monoisotopic (exact) mass is 246 g/mol. The molecule has 100 valence electrons. The van der Waals surface area contributed by atoms with Gasteiger partial charge in [0.1, 0.15) is 0 Å². The minimum absolute atomic E-state index is 0.368. The van der Waals surface area contributed by atoms with Crippen molar-refractivity contribution in [2.75, 3.05) is 6.54 Å². The van der Waals surface area contributed by atoms with Crippen LogP contribution in [-0.4, -0.2) is 11.5 Å². The van der Waals surface area contributed by atoms with Crippen molar-refractivity contribution in [3.63, 3.8) is 0 Å². The Morgan fingerprint density at radius 2 is 2.28 bits per heavy atom. The lowest BCUT2D eigenvalue weighted by atomic mass is 9.81. The fourth-order valence-corrected chi connectivity index (χ4v) is 3.06. The molecule has 1 aromatic heterocycles. The molecular formula is C16H26N2. The second-order valence-electron chi connectivity index (χ2n) is 5.86. The lowest BCUT2D eigenvalue weighted by Gasteiger charge is -2.27. The summed E-state index contributed by atoms with van der Waals surface area (Å²) >= 11 is 0. The van der Waals surface area contributed by atoms with Gasteiger partial charge >= 0.3 is 0 Å². The van der Waals surface area contributed by atoms with Crippen molar-refractivity contribution in [3.8, 4) is 0 Å². The first-order valence-electron chi connectivity index (χ1n) is 7.40. The van der Waals surface area contributed by atoms with Crippen molar-refractivity contribution < 1.29 is 0 Å². The molecule has 0 saturated heterocycles. The maximum absolute atomic E-state index is 4.39. The summed E-state index contributed by atoms with van der Waals surface area (Å²) in [5, 5.41) is 3.60. The fourth-order valence-electron chi connectivity index (χ4n) is 3.06. The first-order valence-corrected chi connectivity index (χ1v) is 7.40. The van der Waals surface area contributed by atoms with Gasteiger partial charge in [-0.05, 0) is 50.3 Å². The van der Waals surface area contributed by atoms with Crippen LogP contribution in [0.5, 0.6) is 0 Å². The predicted octanol–water partition coefficient (Wildman–Crippen LogP) is 3.95. The second-order valence-corrected chi connectivity index (χ2v) is 5.86. The zero-order valence-corrected chi connectivity index (χ0v) is 11.7. The fraction of sp³-hybridized carbons (Fsp3) is 0.688. The third kappa shape index (κ3) is 4.09. The Morgan fingerprint density at radius 1 is 1.39 bits per heavy atom. The molecule has 2 nitrogen and oxygen atoms in total. The lowest BCUT2D eigenvalue weighted by Crippen LogP contribution is -2.24. The molecule has 2 heteroatoms. The summed E-state index contributed by atoms with van der Waals surface area (Å²) in [6, 6.07) is 6.50. The van der Waals surface area contributed by atoms with Crippen LogP contribution in [0.2, 0.25) is 0 Å². The third-order valence-corrected chi connectivity index (χ3v) is 4.18. The molecule has 3 unspecified atom stereocenters. The molecule has 1 fully saturated rings. The average molecular weight is 246 g/mol. The number of hydrogen-bond donors (Lipinski definition) is 1. The van der Waals surface area contributed by atoms with E-state index in [1.807, 2.05) is 12.3 Å². The maximum atomic E-state index is 4.39. The van der Waals surface area contributed by atoms with Crippen LogP contribution in [0.1, 0.15) is 57.7 Å². The van der Waals surface area contributed by atoms with E-state index in [2.05, 4.69) is 36.3 Å². The van der Waals surface area contributed by atoms with Crippen molar-refractivity contribution in [2.45, 2.75) is 52.0 Å². The summed E-state index contributed by atoms with van der Waals surface area (Å²) < 4.78 is 0. The highest BCUT2D eigenvalue weighted by atomic mass is 14.9. The van der Waals surface area contributed by atoms with Crippen molar-refractivity contribution >= 4 is 0 Å². The third-order valence-electron chi connectivity index (χ3n) is 4.18. The molecule has 1 aliphatic rings. The minimum Gasteiger partial charge on any atom is -0.309 e. The van der Waals surface area contributed by atoms with E-state index in [9.17, 15) is 0 Å². The molecule has 0 amide bonds. The van der Waals surface area contributed by atoms with Gasteiger partial charge in [-0.2, -0.15) is 0 Å². The van der Waals surface area contributed by atoms with Gasteiger partial charge in [0.25, 0.3) is 0 Å². The summed E-state index contributed by atoms with van der Waals surface area (Å²) in [5.74, 6) is 1.88. The van der Waals surface area contributed by atoms with Gasteiger partial charge in [0.2, 0.25) is 0 Å². The number of aromatic nitrogens is 1. The van der Waals surface area contributed by atoms with E-state index in [1.54, 1.807) is 0 Å². The highest BCUT2D eigenvalue weighted by Gasteiger charge is 2.18. The Kier molecular flexibility index (Phi) is 5.18. The van der Waals surface area contributed by atoms with E-state index in [4.69, 9.17) is 0 Å². The van der Waals surface area contributed by atoms with Gasteiger partial charge in [0, 0.05) is 12.2 Å². The minimum atomic E-state index is 0.368. The summed E-state index contributed by atoms with van der Waals surface area (Å²) in [7, 11) is 0. The van der Waals surface area contributed by atoms with Crippen LogP contribution in [0.25, 0.3) is 0 Å². The molecule has 0 radical (unpaired) electrons. The highest BCUT2D eigenvalue weighted by molar-refractivity contribution is 5.07. The summed E-state index contributed by atoms with van der Waals surface area (Å²) in [6.07, 6.45) is 8.93. The number of nitrogens with zero attached hydrogens (tertiary/aromatic N) is 1. The van der Waals surface area contributed by atoms with E-state index in [1.165, 1.54) is 32.1 Å². The van der Waals surface area contributed by atoms with Crippen molar-refractivity contribution in [1.82, 2.24) is 10.3 Å². The van der Waals surface area contributed by atoms with Crippen LogP contribution < -0.4 is 5.32 Å². The zero-order valence-electron chi connectivity index (χ0n) is 11.7. The van der Waals surface area contributed by atoms with Crippen molar-refractivity contribution in [2.24, 2.45) is 11.8 Å². The van der Waals surface area contributed by atoms with Crippen LogP contribution in [0.3, 0.4) is 0 Å². The van der Waals surface area contributed by atoms with Crippen molar-refractivity contribution in [1.29, 1.82) is 0 Å². The molecule has 0 bridgehead atoms. The van der Waals surface area contributed by atoms with Crippen LogP contribution >= 0.6 is 0 Å². The van der Waals surface area contributed by atoms with E-state index >= 15 is 0 Å². The van der Waals surface area contributed by atoms with Crippen LogP contribution in [0.15, 0.2) is 24.4 Å². The Labute approximate surface area is 111 Å². The molecule has 3 atom stereocenters. The van der Waals surface area contributed by atoms with Gasteiger partial charge < -0.3 is 5.32 Å². The number of pyridine rings is 1.